The maximum atomic E-state index is 12.4. The van der Waals surface area contributed by atoms with Crippen LogP contribution in [0.3, 0.4) is 0 Å². The van der Waals surface area contributed by atoms with E-state index in [1.807, 2.05) is 24.3 Å². The highest BCUT2D eigenvalue weighted by Crippen LogP contribution is 2.39. The fourth-order valence-electron chi connectivity index (χ4n) is 3.68. The molecule has 0 unspecified atom stereocenters. The van der Waals surface area contributed by atoms with Crippen molar-refractivity contribution in [1.82, 2.24) is 9.88 Å². The third kappa shape index (κ3) is 4.89. The molecule has 3 nitrogen and oxygen atoms in total. The number of nitrogens with one attached hydrogen (secondary N) is 1. The van der Waals surface area contributed by atoms with Crippen molar-refractivity contribution in [2.75, 3.05) is 6.54 Å². The highest BCUT2D eigenvalue weighted by atomic mass is 79.9. The quantitative estimate of drug-likeness (QED) is 0.299. The lowest BCUT2D eigenvalue weighted by atomic mass is 10.2. The first kappa shape index (κ1) is 21.7. The van der Waals surface area contributed by atoms with Crippen LogP contribution in [0, 0.1) is 6.92 Å². The first-order valence-electron chi connectivity index (χ1n) is 10.4. The Bertz CT molecular complexity index is 1220. The van der Waals surface area contributed by atoms with E-state index in [9.17, 15) is 4.79 Å². The summed E-state index contributed by atoms with van der Waals surface area (Å²) in [5.41, 5.74) is 4.40. The molecule has 1 N–H and O–H groups in total. The largest absolute Gasteiger partial charge is 0.352 e. The van der Waals surface area contributed by atoms with Crippen LogP contribution >= 0.6 is 27.7 Å². The van der Waals surface area contributed by atoms with Gasteiger partial charge in [-0.3, -0.25) is 4.79 Å². The number of aromatic nitrogens is 1. The number of fused-ring (bicyclic) bond motifs is 1. The second kappa shape index (κ2) is 9.75. The highest BCUT2D eigenvalue weighted by molar-refractivity contribution is 9.10. The average molecular weight is 493 g/mol. The molecule has 31 heavy (non-hydrogen) atoms. The lowest BCUT2D eigenvalue weighted by Crippen LogP contribution is -2.23. The number of hydrogen-bond acceptors (Lipinski definition) is 2. The van der Waals surface area contributed by atoms with Gasteiger partial charge in [-0.05, 0) is 49.2 Å². The Morgan fingerprint density at radius 2 is 1.84 bits per heavy atom. The van der Waals surface area contributed by atoms with E-state index >= 15 is 0 Å². The van der Waals surface area contributed by atoms with E-state index in [1.54, 1.807) is 11.8 Å². The molecule has 0 radical (unpaired) electrons. The SMILES string of the molecule is CCCNC(=O)c1cccc(Sc2c(C)n(Cc3ccccc3)c3cc(Br)ccc23)c1. The van der Waals surface area contributed by atoms with Gasteiger partial charge in [-0.15, -0.1) is 0 Å². The summed E-state index contributed by atoms with van der Waals surface area (Å²) in [7, 11) is 0. The number of rotatable bonds is 7. The molecule has 0 bridgehead atoms. The summed E-state index contributed by atoms with van der Waals surface area (Å²) in [5.74, 6) is -0.0172. The summed E-state index contributed by atoms with van der Waals surface area (Å²) >= 11 is 5.35. The molecule has 3 aromatic carbocycles. The smallest absolute Gasteiger partial charge is 0.251 e. The first-order valence-corrected chi connectivity index (χ1v) is 12.1. The highest BCUT2D eigenvalue weighted by Gasteiger charge is 2.16. The summed E-state index contributed by atoms with van der Waals surface area (Å²) in [6, 6.07) is 24.9. The van der Waals surface area contributed by atoms with Crippen molar-refractivity contribution in [2.45, 2.75) is 36.6 Å². The third-order valence-electron chi connectivity index (χ3n) is 5.26. The standard InChI is InChI=1S/C26H25BrN2OS/c1-3-14-28-26(30)20-10-7-11-22(15-20)31-25-18(2)29(17-19-8-5-4-6-9-19)24-16-21(27)12-13-23(24)25/h4-13,15-16H,3,14,17H2,1-2H3,(H,28,30). The molecule has 4 aromatic rings. The van der Waals surface area contributed by atoms with Crippen LogP contribution in [0.1, 0.15) is 35.0 Å². The van der Waals surface area contributed by atoms with E-state index in [0.717, 1.165) is 22.3 Å². The summed E-state index contributed by atoms with van der Waals surface area (Å²) in [6.45, 7) is 5.74. The van der Waals surface area contributed by atoms with Crippen molar-refractivity contribution < 1.29 is 4.79 Å². The molecular weight excluding hydrogens is 468 g/mol. The summed E-state index contributed by atoms with van der Waals surface area (Å²) < 4.78 is 3.44. The zero-order valence-corrected chi connectivity index (χ0v) is 20.1. The normalized spacial score (nSPS) is 11.1. The Hall–Kier alpha value is -2.50. The molecule has 0 fully saturated rings. The fourth-order valence-corrected chi connectivity index (χ4v) is 5.13. The molecular formula is C26H25BrN2OS. The number of halogens is 1. The van der Waals surface area contributed by atoms with Crippen molar-refractivity contribution >= 4 is 44.5 Å². The molecule has 158 valence electrons. The fraction of sp³-hybridized carbons (Fsp3) is 0.192. The average Bonchev–Trinajstić information content (AvgIpc) is 3.03. The van der Waals surface area contributed by atoms with Crippen LogP contribution in [0.25, 0.3) is 10.9 Å². The number of carbonyl (C=O) groups is 1. The first-order chi connectivity index (χ1) is 15.1. The van der Waals surface area contributed by atoms with Crippen molar-refractivity contribution in [3.8, 4) is 0 Å². The van der Waals surface area contributed by atoms with E-state index in [0.29, 0.717) is 12.1 Å². The van der Waals surface area contributed by atoms with Gasteiger partial charge in [0.25, 0.3) is 5.91 Å². The minimum Gasteiger partial charge on any atom is -0.352 e. The second-order valence-corrected chi connectivity index (χ2v) is 9.53. The minimum absolute atomic E-state index is 0.0172. The lowest BCUT2D eigenvalue weighted by molar-refractivity contribution is 0.0953. The maximum absolute atomic E-state index is 12.4. The molecule has 0 spiro atoms. The van der Waals surface area contributed by atoms with E-state index in [2.05, 4.69) is 88.2 Å². The van der Waals surface area contributed by atoms with Gasteiger partial charge < -0.3 is 9.88 Å². The zero-order valence-electron chi connectivity index (χ0n) is 17.7. The molecule has 4 rings (SSSR count). The molecule has 0 aliphatic carbocycles. The van der Waals surface area contributed by atoms with Crippen LogP contribution in [0.15, 0.2) is 87.1 Å². The molecule has 0 atom stereocenters. The van der Waals surface area contributed by atoms with Crippen LogP contribution in [0.2, 0.25) is 0 Å². The van der Waals surface area contributed by atoms with Crippen LogP contribution in [0.5, 0.6) is 0 Å². The van der Waals surface area contributed by atoms with Crippen LogP contribution in [-0.2, 0) is 6.54 Å². The van der Waals surface area contributed by atoms with Gasteiger partial charge in [0.1, 0.15) is 0 Å². The van der Waals surface area contributed by atoms with Crippen LogP contribution in [-0.4, -0.2) is 17.0 Å². The van der Waals surface area contributed by atoms with Gasteiger partial charge in [-0.25, -0.2) is 0 Å². The maximum Gasteiger partial charge on any atom is 0.251 e. The Kier molecular flexibility index (Phi) is 6.83. The number of nitrogens with zero attached hydrogens (tertiary/aromatic N) is 1. The molecule has 0 aliphatic rings. The third-order valence-corrected chi connectivity index (χ3v) is 6.97. The van der Waals surface area contributed by atoms with Gasteiger partial charge >= 0.3 is 0 Å². The summed E-state index contributed by atoms with van der Waals surface area (Å²) in [6.07, 6.45) is 0.926. The Labute approximate surface area is 196 Å². The zero-order chi connectivity index (χ0) is 21.8. The van der Waals surface area contributed by atoms with Gasteiger partial charge in [-0.1, -0.05) is 77.1 Å². The van der Waals surface area contributed by atoms with Crippen molar-refractivity contribution in [2.24, 2.45) is 0 Å². The number of carbonyl (C=O) groups excluding carboxylic acids is 1. The van der Waals surface area contributed by atoms with Gasteiger partial charge in [0.05, 0.1) is 5.52 Å². The van der Waals surface area contributed by atoms with Gasteiger partial charge in [0.15, 0.2) is 0 Å². The van der Waals surface area contributed by atoms with E-state index in [4.69, 9.17) is 0 Å². The number of benzene rings is 3. The number of amides is 1. The van der Waals surface area contributed by atoms with Crippen LogP contribution < -0.4 is 5.32 Å². The van der Waals surface area contributed by atoms with Crippen molar-refractivity contribution in [1.29, 1.82) is 0 Å². The van der Waals surface area contributed by atoms with Crippen LogP contribution in [0.4, 0.5) is 0 Å². The summed E-state index contributed by atoms with van der Waals surface area (Å²) in [4.78, 5) is 14.7. The molecule has 1 heterocycles. The second-order valence-electron chi connectivity index (χ2n) is 7.53. The monoisotopic (exact) mass is 492 g/mol. The predicted octanol–water partition coefficient (Wildman–Crippen LogP) is 7.05. The molecule has 1 amide bonds. The van der Waals surface area contributed by atoms with Gasteiger partial charge in [0, 0.05) is 44.0 Å². The van der Waals surface area contributed by atoms with Gasteiger partial charge in [-0.2, -0.15) is 0 Å². The predicted molar refractivity (Wildman–Crippen MR) is 133 cm³/mol. The molecule has 0 aliphatic heterocycles. The lowest BCUT2D eigenvalue weighted by Gasteiger charge is -2.09. The van der Waals surface area contributed by atoms with Crippen molar-refractivity contribution in [3.63, 3.8) is 0 Å². The van der Waals surface area contributed by atoms with Gasteiger partial charge in [0.2, 0.25) is 0 Å². The Balaban J connectivity index is 1.72. The van der Waals surface area contributed by atoms with E-state index in [1.165, 1.54) is 27.1 Å². The Morgan fingerprint density at radius 1 is 1.03 bits per heavy atom. The molecule has 1 aromatic heterocycles. The molecule has 0 saturated heterocycles. The van der Waals surface area contributed by atoms with E-state index < -0.39 is 0 Å². The van der Waals surface area contributed by atoms with E-state index in [-0.39, 0.29) is 5.91 Å². The minimum atomic E-state index is -0.0172. The molecule has 5 heteroatoms. The Morgan fingerprint density at radius 3 is 2.61 bits per heavy atom. The molecule has 0 saturated carbocycles. The van der Waals surface area contributed by atoms with Crippen molar-refractivity contribution in [3.05, 3.63) is 94.1 Å². The number of hydrogen-bond donors (Lipinski definition) is 1. The summed E-state index contributed by atoms with van der Waals surface area (Å²) in [5, 5.41) is 4.19. The topological polar surface area (TPSA) is 34.0 Å².